The second-order valence-corrected chi connectivity index (χ2v) is 4.74. The second-order valence-electron chi connectivity index (χ2n) is 4.74. The summed E-state index contributed by atoms with van der Waals surface area (Å²) in [6, 6.07) is 4.58. The van der Waals surface area contributed by atoms with E-state index < -0.39 is 0 Å². The van der Waals surface area contributed by atoms with Crippen LogP contribution in [-0.4, -0.2) is 20.3 Å². The predicted octanol–water partition coefficient (Wildman–Crippen LogP) is 3.24. The zero-order valence-corrected chi connectivity index (χ0v) is 10.5. The number of benzene rings is 1. The first kappa shape index (κ1) is 11.5. The molecule has 1 N–H and O–H groups in total. The highest BCUT2D eigenvalue weighted by Crippen LogP contribution is 2.36. The van der Waals surface area contributed by atoms with Crippen LogP contribution in [0.25, 0.3) is 0 Å². The van der Waals surface area contributed by atoms with E-state index in [1.165, 1.54) is 28.8 Å². The van der Waals surface area contributed by atoms with E-state index in [1.807, 2.05) is 0 Å². The summed E-state index contributed by atoms with van der Waals surface area (Å²) in [5.41, 5.74) is 5.58. The molecular formula is C14H21NO. The molecule has 0 radical (unpaired) electrons. The average molecular weight is 219 g/mol. The van der Waals surface area contributed by atoms with Crippen molar-refractivity contribution < 1.29 is 4.74 Å². The molecule has 0 spiro atoms. The highest BCUT2D eigenvalue weighted by molar-refractivity contribution is 5.61. The van der Waals surface area contributed by atoms with Crippen LogP contribution in [-0.2, 0) is 4.74 Å². The van der Waals surface area contributed by atoms with Gasteiger partial charge in [-0.2, -0.15) is 0 Å². The molecule has 2 rings (SSSR count). The SMILES string of the molecule is COCCC1CCNc2c(C)cc(C)cc21. The number of aryl methyl sites for hydroxylation is 2. The maximum atomic E-state index is 5.20. The maximum Gasteiger partial charge on any atom is 0.0468 e. The molecule has 2 nitrogen and oxygen atoms in total. The molecule has 1 atom stereocenters. The summed E-state index contributed by atoms with van der Waals surface area (Å²) in [4.78, 5) is 0. The Hall–Kier alpha value is -1.02. The summed E-state index contributed by atoms with van der Waals surface area (Å²) in [6.07, 6.45) is 2.35. The van der Waals surface area contributed by atoms with Crippen molar-refractivity contribution in [2.75, 3.05) is 25.6 Å². The Morgan fingerprint density at radius 1 is 1.38 bits per heavy atom. The smallest absolute Gasteiger partial charge is 0.0468 e. The fraction of sp³-hybridized carbons (Fsp3) is 0.571. The van der Waals surface area contributed by atoms with Crippen LogP contribution >= 0.6 is 0 Å². The van der Waals surface area contributed by atoms with E-state index in [4.69, 9.17) is 4.74 Å². The highest BCUT2D eigenvalue weighted by Gasteiger charge is 2.21. The van der Waals surface area contributed by atoms with Crippen molar-refractivity contribution in [2.45, 2.75) is 32.6 Å². The molecule has 0 saturated carbocycles. The predicted molar refractivity (Wildman–Crippen MR) is 68.3 cm³/mol. The zero-order valence-electron chi connectivity index (χ0n) is 10.5. The van der Waals surface area contributed by atoms with E-state index >= 15 is 0 Å². The van der Waals surface area contributed by atoms with Crippen LogP contribution in [0.3, 0.4) is 0 Å². The minimum Gasteiger partial charge on any atom is -0.385 e. The molecule has 0 amide bonds. The lowest BCUT2D eigenvalue weighted by Crippen LogP contribution is -2.19. The lowest BCUT2D eigenvalue weighted by molar-refractivity contribution is 0.186. The van der Waals surface area contributed by atoms with Crippen molar-refractivity contribution in [3.63, 3.8) is 0 Å². The molecule has 16 heavy (non-hydrogen) atoms. The Kier molecular flexibility index (Phi) is 3.49. The molecular weight excluding hydrogens is 198 g/mol. The molecule has 88 valence electrons. The van der Waals surface area contributed by atoms with Crippen molar-refractivity contribution >= 4 is 5.69 Å². The van der Waals surface area contributed by atoms with Gasteiger partial charge in [0.15, 0.2) is 0 Å². The first-order valence-corrected chi connectivity index (χ1v) is 6.06. The van der Waals surface area contributed by atoms with Gasteiger partial charge in [-0.05, 0) is 43.7 Å². The largest absolute Gasteiger partial charge is 0.385 e. The Labute approximate surface area is 98.0 Å². The Balaban J connectivity index is 2.30. The third-order valence-electron chi connectivity index (χ3n) is 3.42. The standard InChI is InChI=1S/C14H21NO/c1-10-8-11(2)14-13(9-10)12(4-6-15-14)5-7-16-3/h8-9,12,15H,4-7H2,1-3H3. The molecule has 0 aliphatic carbocycles. The van der Waals surface area contributed by atoms with Crippen LogP contribution in [0, 0.1) is 13.8 Å². The fourth-order valence-electron chi connectivity index (χ4n) is 2.65. The summed E-state index contributed by atoms with van der Waals surface area (Å²) in [5.74, 6) is 0.662. The molecule has 1 aromatic carbocycles. The zero-order chi connectivity index (χ0) is 11.5. The fourth-order valence-corrected chi connectivity index (χ4v) is 2.65. The molecule has 0 aromatic heterocycles. The van der Waals surface area contributed by atoms with E-state index in [2.05, 4.69) is 31.3 Å². The monoisotopic (exact) mass is 219 g/mol. The second kappa shape index (κ2) is 4.88. The van der Waals surface area contributed by atoms with Gasteiger partial charge < -0.3 is 10.1 Å². The first-order chi connectivity index (χ1) is 7.72. The molecule has 0 bridgehead atoms. The van der Waals surface area contributed by atoms with Gasteiger partial charge in [-0.25, -0.2) is 0 Å². The van der Waals surface area contributed by atoms with Gasteiger partial charge in [0, 0.05) is 25.9 Å². The minimum absolute atomic E-state index is 0.662. The van der Waals surface area contributed by atoms with Crippen molar-refractivity contribution in [3.8, 4) is 0 Å². The first-order valence-electron chi connectivity index (χ1n) is 6.06. The Morgan fingerprint density at radius 2 is 2.19 bits per heavy atom. The van der Waals surface area contributed by atoms with Crippen LogP contribution in [0.1, 0.15) is 35.4 Å². The summed E-state index contributed by atoms with van der Waals surface area (Å²) in [7, 11) is 1.78. The van der Waals surface area contributed by atoms with Crippen LogP contribution in [0.2, 0.25) is 0 Å². The number of hydrogen-bond acceptors (Lipinski definition) is 2. The van der Waals surface area contributed by atoms with Crippen molar-refractivity contribution in [2.24, 2.45) is 0 Å². The molecule has 0 fully saturated rings. The van der Waals surface area contributed by atoms with Crippen LogP contribution < -0.4 is 5.32 Å². The number of anilines is 1. The number of hydrogen-bond donors (Lipinski definition) is 1. The maximum absolute atomic E-state index is 5.20. The number of nitrogens with one attached hydrogen (secondary N) is 1. The quantitative estimate of drug-likeness (QED) is 0.842. The van der Waals surface area contributed by atoms with Crippen LogP contribution in [0.4, 0.5) is 5.69 Å². The minimum atomic E-state index is 0.662. The van der Waals surface area contributed by atoms with E-state index in [1.54, 1.807) is 7.11 Å². The lowest BCUT2D eigenvalue weighted by atomic mass is 9.86. The van der Waals surface area contributed by atoms with Gasteiger partial charge in [0.1, 0.15) is 0 Å². The van der Waals surface area contributed by atoms with Crippen molar-refractivity contribution in [1.29, 1.82) is 0 Å². The third kappa shape index (κ3) is 2.22. The van der Waals surface area contributed by atoms with Gasteiger partial charge in [-0.1, -0.05) is 17.7 Å². The van der Waals surface area contributed by atoms with Crippen molar-refractivity contribution in [3.05, 3.63) is 28.8 Å². The highest BCUT2D eigenvalue weighted by atomic mass is 16.5. The molecule has 1 aromatic rings. The third-order valence-corrected chi connectivity index (χ3v) is 3.42. The van der Waals surface area contributed by atoms with Crippen LogP contribution in [0.15, 0.2) is 12.1 Å². The van der Waals surface area contributed by atoms with Crippen molar-refractivity contribution in [1.82, 2.24) is 0 Å². The van der Waals surface area contributed by atoms with Gasteiger partial charge in [0.05, 0.1) is 0 Å². The van der Waals surface area contributed by atoms with Crippen LogP contribution in [0.5, 0.6) is 0 Å². The van der Waals surface area contributed by atoms with Gasteiger partial charge >= 0.3 is 0 Å². The normalized spacial score (nSPS) is 19.1. The number of rotatable bonds is 3. The number of methoxy groups -OCH3 is 1. The molecule has 1 aliphatic rings. The van der Waals surface area contributed by atoms with Gasteiger partial charge in [-0.15, -0.1) is 0 Å². The summed E-state index contributed by atoms with van der Waals surface area (Å²) in [5, 5.41) is 3.52. The number of fused-ring (bicyclic) bond motifs is 1. The number of ether oxygens (including phenoxy) is 1. The molecule has 1 unspecified atom stereocenters. The Bertz CT molecular complexity index is 373. The Morgan fingerprint density at radius 3 is 2.94 bits per heavy atom. The summed E-state index contributed by atoms with van der Waals surface area (Å²) in [6.45, 7) is 6.31. The van der Waals surface area contributed by atoms with E-state index in [0.717, 1.165) is 19.6 Å². The summed E-state index contributed by atoms with van der Waals surface area (Å²) < 4.78 is 5.20. The molecule has 2 heteroatoms. The lowest BCUT2D eigenvalue weighted by Gasteiger charge is -2.28. The van der Waals surface area contributed by atoms with E-state index in [9.17, 15) is 0 Å². The average Bonchev–Trinajstić information content (AvgIpc) is 2.26. The van der Waals surface area contributed by atoms with Gasteiger partial charge in [0.2, 0.25) is 0 Å². The topological polar surface area (TPSA) is 21.3 Å². The van der Waals surface area contributed by atoms with Gasteiger partial charge in [-0.3, -0.25) is 0 Å². The van der Waals surface area contributed by atoms with E-state index in [0.29, 0.717) is 5.92 Å². The van der Waals surface area contributed by atoms with E-state index in [-0.39, 0.29) is 0 Å². The molecule has 1 heterocycles. The van der Waals surface area contributed by atoms with Gasteiger partial charge in [0.25, 0.3) is 0 Å². The molecule has 1 aliphatic heterocycles. The summed E-state index contributed by atoms with van der Waals surface area (Å²) >= 11 is 0. The molecule has 0 saturated heterocycles.